The zero-order chi connectivity index (χ0) is 23.0. The summed E-state index contributed by atoms with van der Waals surface area (Å²) in [5, 5.41) is 39.4. The van der Waals surface area contributed by atoms with Gasteiger partial charge < -0.3 is 20.1 Å². The lowest BCUT2D eigenvalue weighted by atomic mass is 9.97. The lowest BCUT2D eigenvalue weighted by molar-refractivity contribution is -0.178. The molecule has 170 valence electrons. The van der Waals surface area contributed by atoms with Gasteiger partial charge in [-0.05, 0) is 36.4 Å². The van der Waals surface area contributed by atoms with E-state index in [0.29, 0.717) is 5.02 Å². The van der Waals surface area contributed by atoms with Crippen LogP contribution in [0.4, 0.5) is 13.2 Å². The highest BCUT2D eigenvalue weighted by Crippen LogP contribution is 2.38. The van der Waals surface area contributed by atoms with Crippen molar-refractivity contribution in [2.24, 2.45) is 0 Å². The molecule has 1 aliphatic rings. The topological polar surface area (TPSA) is 101 Å². The van der Waals surface area contributed by atoms with Crippen molar-refractivity contribution in [2.45, 2.75) is 34.7 Å². The van der Waals surface area contributed by atoms with Gasteiger partial charge in [-0.2, -0.15) is 0 Å². The van der Waals surface area contributed by atoms with Crippen LogP contribution in [0.3, 0.4) is 0 Å². The van der Waals surface area contributed by atoms with Crippen LogP contribution in [0.2, 0.25) is 5.02 Å². The van der Waals surface area contributed by atoms with E-state index in [2.05, 4.69) is 10.3 Å². The van der Waals surface area contributed by atoms with Crippen molar-refractivity contribution in [1.29, 1.82) is 0 Å². The molecule has 5 atom stereocenters. The number of hydrogen-bond donors (Lipinski definition) is 3. The van der Waals surface area contributed by atoms with Gasteiger partial charge in [-0.1, -0.05) is 28.6 Å². The molecule has 2 heterocycles. The smallest absolute Gasteiger partial charge is 0.194 e. The Kier molecular flexibility index (Phi) is 6.75. The number of thioether (sulfide) groups is 1. The first-order chi connectivity index (χ1) is 15.3. The van der Waals surface area contributed by atoms with Crippen molar-refractivity contribution in [2.75, 3.05) is 6.61 Å². The third-order valence-electron chi connectivity index (χ3n) is 5.01. The Labute approximate surface area is 189 Å². The third kappa shape index (κ3) is 4.49. The minimum absolute atomic E-state index is 0.00357. The molecule has 0 amide bonds. The van der Waals surface area contributed by atoms with Gasteiger partial charge >= 0.3 is 0 Å². The zero-order valence-electron chi connectivity index (χ0n) is 16.1. The predicted octanol–water partition coefficient (Wildman–Crippen LogP) is 2.79. The van der Waals surface area contributed by atoms with Gasteiger partial charge in [0.2, 0.25) is 0 Å². The van der Waals surface area contributed by atoms with E-state index in [1.165, 1.54) is 6.20 Å². The first kappa shape index (κ1) is 23.0. The summed E-state index contributed by atoms with van der Waals surface area (Å²) in [7, 11) is 0. The predicted molar refractivity (Wildman–Crippen MR) is 109 cm³/mol. The Hall–Kier alpha value is -2.15. The average Bonchev–Trinajstić information content (AvgIpc) is 3.25. The van der Waals surface area contributed by atoms with Crippen molar-refractivity contribution >= 4 is 23.4 Å². The van der Waals surface area contributed by atoms with Crippen LogP contribution in [0.25, 0.3) is 11.3 Å². The summed E-state index contributed by atoms with van der Waals surface area (Å²) >= 11 is 7.04. The molecule has 1 saturated heterocycles. The van der Waals surface area contributed by atoms with Gasteiger partial charge in [0.1, 0.15) is 35.5 Å². The first-order valence-electron chi connectivity index (χ1n) is 9.40. The molecule has 1 aromatic heterocycles. The van der Waals surface area contributed by atoms with Gasteiger partial charge in [0, 0.05) is 15.5 Å². The van der Waals surface area contributed by atoms with Gasteiger partial charge in [0.05, 0.1) is 12.8 Å². The minimum Gasteiger partial charge on any atom is -0.394 e. The Morgan fingerprint density at radius 1 is 1.06 bits per heavy atom. The van der Waals surface area contributed by atoms with Crippen LogP contribution in [0.1, 0.15) is 6.04 Å². The molecule has 1 aliphatic heterocycles. The highest BCUT2D eigenvalue weighted by Gasteiger charge is 2.46. The molecular weight excluding hydrogens is 471 g/mol. The summed E-state index contributed by atoms with van der Waals surface area (Å²) in [5.74, 6) is -4.38. The zero-order valence-corrected chi connectivity index (χ0v) is 17.7. The van der Waals surface area contributed by atoms with E-state index < -0.39 is 53.8 Å². The summed E-state index contributed by atoms with van der Waals surface area (Å²) in [5.41, 5.74) is -0.972. The summed E-state index contributed by atoms with van der Waals surface area (Å²) in [6.07, 6.45) is -2.45. The number of aliphatic hydroxyl groups excluding tert-OH is 3. The van der Waals surface area contributed by atoms with Crippen molar-refractivity contribution in [1.82, 2.24) is 15.0 Å². The maximum atomic E-state index is 13.6. The fourth-order valence-corrected chi connectivity index (χ4v) is 4.57. The van der Waals surface area contributed by atoms with Gasteiger partial charge in [-0.25, -0.2) is 17.9 Å². The van der Waals surface area contributed by atoms with E-state index in [4.69, 9.17) is 16.3 Å². The fraction of sp³-hybridized carbons (Fsp3) is 0.300. The van der Waals surface area contributed by atoms with Crippen molar-refractivity contribution in [3.63, 3.8) is 0 Å². The van der Waals surface area contributed by atoms with E-state index in [-0.39, 0.29) is 11.3 Å². The second-order valence-electron chi connectivity index (χ2n) is 7.11. The van der Waals surface area contributed by atoms with E-state index >= 15 is 0 Å². The lowest BCUT2D eigenvalue weighted by Gasteiger charge is -2.41. The van der Waals surface area contributed by atoms with Crippen LogP contribution in [0, 0.1) is 17.5 Å². The molecular formula is C20H17ClF3N3O4S. The summed E-state index contributed by atoms with van der Waals surface area (Å²) < 4.78 is 47.2. The molecule has 12 heteroatoms. The number of ether oxygens (including phenoxy) is 1. The second kappa shape index (κ2) is 9.38. The van der Waals surface area contributed by atoms with Crippen LogP contribution >= 0.6 is 23.4 Å². The Balaban J connectivity index is 1.63. The largest absolute Gasteiger partial charge is 0.394 e. The van der Waals surface area contributed by atoms with E-state index in [0.717, 1.165) is 33.5 Å². The highest BCUT2D eigenvalue weighted by molar-refractivity contribution is 7.99. The number of hydrogen-bond acceptors (Lipinski definition) is 7. The maximum Gasteiger partial charge on any atom is 0.194 e. The van der Waals surface area contributed by atoms with Gasteiger partial charge in [-0.3, -0.25) is 0 Å². The van der Waals surface area contributed by atoms with Gasteiger partial charge in [0.15, 0.2) is 17.5 Å². The summed E-state index contributed by atoms with van der Waals surface area (Å²) in [4.78, 5) is 0.724. The number of aliphatic hydroxyl groups is 3. The number of rotatable bonds is 5. The quantitative estimate of drug-likeness (QED) is 0.476. The van der Waals surface area contributed by atoms with Crippen molar-refractivity contribution in [3.05, 3.63) is 65.1 Å². The van der Waals surface area contributed by atoms with Crippen LogP contribution in [-0.2, 0) is 4.74 Å². The molecule has 2 aromatic carbocycles. The Morgan fingerprint density at radius 2 is 1.72 bits per heavy atom. The molecule has 0 saturated carbocycles. The minimum atomic E-state index is -1.61. The second-order valence-corrected chi connectivity index (χ2v) is 8.71. The number of aromatic nitrogens is 3. The number of benzene rings is 2. The SMILES string of the molecule is OCC1O[C@H](Sc2ccc(Cl)cc2)[C@@H](O)C(n2cc(-c3cc(F)c(F)c(F)c3)nn2)[C@H]1O. The van der Waals surface area contributed by atoms with Crippen LogP contribution in [-0.4, -0.2) is 60.7 Å². The van der Waals surface area contributed by atoms with Crippen LogP contribution < -0.4 is 0 Å². The molecule has 0 aliphatic carbocycles. The molecule has 2 unspecified atom stereocenters. The molecule has 4 rings (SSSR count). The van der Waals surface area contributed by atoms with Crippen LogP contribution in [0.5, 0.6) is 0 Å². The standard InChI is InChI=1S/C20H17ClF3N3O4S/c21-10-1-3-11(4-2-10)32-20-19(30)17(18(29)15(8-28)31-20)27-7-14(25-26-27)9-5-12(22)16(24)13(23)6-9/h1-7,15,17-20,28-30H,8H2/t15?,17?,18-,19-,20+/m0/s1. The van der Waals surface area contributed by atoms with E-state index in [9.17, 15) is 28.5 Å². The molecule has 0 spiro atoms. The lowest BCUT2D eigenvalue weighted by Crippen LogP contribution is -2.55. The molecule has 3 aromatic rings. The van der Waals surface area contributed by atoms with Gasteiger partial charge in [0.25, 0.3) is 0 Å². The van der Waals surface area contributed by atoms with E-state index in [1.807, 2.05) is 0 Å². The summed E-state index contributed by atoms with van der Waals surface area (Å²) in [6, 6.07) is 7.21. The highest BCUT2D eigenvalue weighted by atomic mass is 35.5. The maximum absolute atomic E-state index is 13.6. The van der Waals surface area contributed by atoms with E-state index in [1.54, 1.807) is 24.3 Å². The average molecular weight is 488 g/mol. The number of nitrogens with zero attached hydrogens (tertiary/aromatic N) is 3. The van der Waals surface area contributed by atoms with Crippen molar-refractivity contribution < 1.29 is 33.2 Å². The fourth-order valence-electron chi connectivity index (χ4n) is 3.38. The molecule has 3 N–H and O–H groups in total. The normalized spacial score (nSPS) is 25.8. The molecule has 0 bridgehead atoms. The Morgan fingerprint density at radius 3 is 2.34 bits per heavy atom. The molecule has 0 radical (unpaired) electrons. The van der Waals surface area contributed by atoms with Gasteiger partial charge in [-0.15, -0.1) is 5.10 Å². The monoisotopic (exact) mass is 487 g/mol. The molecule has 7 nitrogen and oxygen atoms in total. The Bertz CT molecular complexity index is 1080. The first-order valence-corrected chi connectivity index (χ1v) is 10.7. The summed E-state index contributed by atoms with van der Waals surface area (Å²) in [6.45, 7) is -0.530. The van der Waals surface area contributed by atoms with Crippen molar-refractivity contribution in [3.8, 4) is 11.3 Å². The molecule has 32 heavy (non-hydrogen) atoms. The number of halogens is 4. The third-order valence-corrected chi connectivity index (χ3v) is 6.43. The molecule has 1 fully saturated rings. The van der Waals surface area contributed by atoms with Crippen LogP contribution in [0.15, 0.2) is 47.5 Å².